The van der Waals surface area contributed by atoms with Gasteiger partial charge in [-0.05, 0) is 36.2 Å². The van der Waals surface area contributed by atoms with E-state index in [1.165, 1.54) is 4.90 Å². The number of benzene rings is 3. The van der Waals surface area contributed by atoms with Crippen LogP contribution in [0.4, 0.5) is 0 Å². The summed E-state index contributed by atoms with van der Waals surface area (Å²) in [6.45, 7) is 2.18. The molecule has 1 aliphatic rings. The summed E-state index contributed by atoms with van der Waals surface area (Å²) in [4.78, 5) is 31.2. The van der Waals surface area contributed by atoms with Crippen molar-refractivity contribution >= 4 is 28.4 Å². The molecule has 1 saturated heterocycles. The molecular weight excluding hydrogens is 428 g/mol. The highest BCUT2D eigenvalue weighted by molar-refractivity contribution is 6.46. The van der Waals surface area contributed by atoms with Crippen LogP contribution in [0.3, 0.4) is 0 Å². The van der Waals surface area contributed by atoms with Gasteiger partial charge < -0.3 is 19.7 Å². The normalized spacial score (nSPS) is 17.5. The molecule has 0 radical (unpaired) electrons. The molecule has 1 unspecified atom stereocenters. The van der Waals surface area contributed by atoms with Crippen molar-refractivity contribution in [1.29, 1.82) is 0 Å². The van der Waals surface area contributed by atoms with Crippen LogP contribution in [0.25, 0.3) is 16.7 Å². The maximum Gasteiger partial charge on any atom is 0.295 e. The lowest BCUT2D eigenvalue weighted by Gasteiger charge is -2.25. The summed E-state index contributed by atoms with van der Waals surface area (Å²) < 4.78 is 5.23. The number of carbonyl (C=O) groups excluding carboxylic acids is 2. The number of amides is 1. The lowest BCUT2D eigenvalue weighted by molar-refractivity contribution is -0.140. The van der Waals surface area contributed by atoms with Crippen molar-refractivity contribution in [3.63, 3.8) is 0 Å². The molecular formula is C28H24N2O4. The average molecular weight is 453 g/mol. The highest BCUT2D eigenvalue weighted by atomic mass is 16.5. The molecule has 0 spiro atoms. The summed E-state index contributed by atoms with van der Waals surface area (Å²) in [7, 11) is 1.59. The van der Waals surface area contributed by atoms with E-state index in [1.807, 2.05) is 79.7 Å². The first-order valence-corrected chi connectivity index (χ1v) is 11.0. The number of aliphatic hydroxyl groups excluding tert-OH is 1. The Bertz CT molecular complexity index is 1430. The molecule has 3 aromatic carbocycles. The number of aliphatic hydroxyl groups is 1. The van der Waals surface area contributed by atoms with E-state index in [2.05, 4.69) is 4.98 Å². The van der Waals surface area contributed by atoms with Crippen molar-refractivity contribution in [3.8, 4) is 5.75 Å². The van der Waals surface area contributed by atoms with Gasteiger partial charge in [0.1, 0.15) is 11.5 Å². The van der Waals surface area contributed by atoms with Gasteiger partial charge in [0, 0.05) is 29.2 Å². The molecule has 2 N–H and O–H groups in total. The summed E-state index contributed by atoms with van der Waals surface area (Å²) in [5.41, 5.74) is 4.05. The number of ether oxygens (including phenoxy) is 1. The zero-order chi connectivity index (χ0) is 23.8. The van der Waals surface area contributed by atoms with Crippen LogP contribution in [-0.2, 0) is 16.1 Å². The third-order valence-electron chi connectivity index (χ3n) is 6.25. The van der Waals surface area contributed by atoms with Gasteiger partial charge >= 0.3 is 0 Å². The maximum absolute atomic E-state index is 13.3. The number of fused-ring (bicyclic) bond motifs is 1. The molecule has 170 valence electrons. The number of aromatic amines is 1. The van der Waals surface area contributed by atoms with Crippen molar-refractivity contribution in [1.82, 2.24) is 9.88 Å². The second kappa shape index (κ2) is 8.56. The van der Waals surface area contributed by atoms with E-state index in [9.17, 15) is 14.7 Å². The molecule has 0 saturated carbocycles. The van der Waals surface area contributed by atoms with E-state index in [1.54, 1.807) is 13.3 Å². The van der Waals surface area contributed by atoms with Gasteiger partial charge in [-0.25, -0.2) is 0 Å². The predicted octanol–water partition coefficient (Wildman–Crippen LogP) is 5.11. The Morgan fingerprint density at radius 3 is 2.53 bits per heavy atom. The monoisotopic (exact) mass is 452 g/mol. The van der Waals surface area contributed by atoms with Gasteiger partial charge in [-0.2, -0.15) is 0 Å². The van der Waals surface area contributed by atoms with E-state index in [4.69, 9.17) is 4.74 Å². The molecule has 6 heteroatoms. The van der Waals surface area contributed by atoms with E-state index in [0.717, 1.165) is 27.6 Å². The third-order valence-corrected chi connectivity index (χ3v) is 6.25. The number of carbonyl (C=O) groups is 2. The number of hydrogen-bond donors (Lipinski definition) is 2. The molecule has 34 heavy (non-hydrogen) atoms. The second-order valence-corrected chi connectivity index (χ2v) is 8.44. The molecule has 1 aromatic heterocycles. The zero-order valence-electron chi connectivity index (χ0n) is 18.9. The highest BCUT2D eigenvalue weighted by Gasteiger charge is 2.46. The Morgan fingerprint density at radius 2 is 1.79 bits per heavy atom. The number of nitrogens with zero attached hydrogens (tertiary/aromatic N) is 1. The number of likely N-dealkylation sites (tertiary alicyclic amines) is 1. The molecule has 5 rings (SSSR count). The average Bonchev–Trinajstić information content (AvgIpc) is 3.39. The summed E-state index contributed by atoms with van der Waals surface area (Å²) in [5.74, 6) is -0.800. The van der Waals surface area contributed by atoms with Gasteiger partial charge in [-0.15, -0.1) is 0 Å². The first-order valence-electron chi connectivity index (χ1n) is 11.0. The van der Waals surface area contributed by atoms with Crippen LogP contribution in [0.2, 0.25) is 0 Å². The number of aromatic nitrogens is 1. The van der Waals surface area contributed by atoms with Gasteiger partial charge in [0.05, 0.1) is 18.7 Å². The molecule has 6 nitrogen and oxygen atoms in total. The van der Waals surface area contributed by atoms with Crippen molar-refractivity contribution in [2.75, 3.05) is 7.11 Å². The van der Waals surface area contributed by atoms with Crippen molar-refractivity contribution in [2.24, 2.45) is 0 Å². The largest absolute Gasteiger partial charge is 0.507 e. The molecule has 1 aliphatic heterocycles. The van der Waals surface area contributed by atoms with Crippen LogP contribution in [0.15, 0.2) is 84.6 Å². The number of rotatable bonds is 5. The topological polar surface area (TPSA) is 82.6 Å². The van der Waals surface area contributed by atoms with E-state index in [-0.39, 0.29) is 17.9 Å². The first-order chi connectivity index (χ1) is 16.5. The third kappa shape index (κ3) is 3.63. The fourth-order valence-corrected chi connectivity index (χ4v) is 4.57. The SMILES string of the molecule is COc1ccc(CN2C(=O)C(=O)/C(=C(\O)c3c[nH]c4ccccc34)C2c2cccc(C)c2)cc1. The maximum atomic E-state index is 13.3. The van der Waals surface area contributed by atoms with Gasteiger partial charge in [-0.1, -0.05) is 60.2 Å². The predicted molar refractivity (Wildman–Crippen MR) is 130 cm³/mol. The number of ketones is 1. The van der Waals surface area contributed by atoms with Crippen LogP contribution in [0.1, 0.15) is 28.3 Å². The number of H-pyrrole nitrogens is 1. The standard InChI is InChI=1S/C28H24N2O4/c1-17-6-5-7-19(14-17)25-24(26(31)22-15-29-23-9-4-3-8-21(22)23)27(32)28(33)30(25)16-18-10-12-20(34-2)13-11-18/h3-15,25,29,31H,16H2,1-2H3/b26-24-. The Hall–Kier alpha value is -4.32. The first kappa shape index (κ1) is 21.5. The Kier molecular flexibility index (Phi) is 5.42. The number of para-hydroxylation sites is 1. The lowest BCUT2D eigenvalue weighted by Crippen LogP contribution is -2.29. The van der Waals surface area contributed by atoms with Gasteiger partial charge in [-0.3, -0.25) is 9.59 Å². The smallest absolute Gasteiger partial charge is 0.295 e. The minimum absolute atomic E-state index is 0.0915. The minimum atomic E-state index is -0.712. The number of Topliss-reactive ketones (excluding diaryl/α,β-unsaturated/α-hetero) is 1. The minimum Gasteiger partial charge on any atom is -0.507 e. The second-order valence-electron chi connectivity index (χ2n) is 8.44. The Balaban J connectivity index is 1.66. The number of aryl methyl sites for hydroxylation is 1. The molecule has 0 aliphatic carbocycles. The molecule has 0 bridgehead atoms. The van der Waals surface area contributed by atoms with Crippen LogP contribution in [0, 0.1) is 6.92 Å². The van der Waals surface area contributed by atoms with E-state index >= 15 is 0 Å². The molecule has 4 aromatic rings. The van der Waals surface area contributed by atoms with Crippen LogP contribution < -0.4 is 4.74 Å². The summed E-state index contributed by atoms with van der Waals surface area (Å²) >= 11 is 0. The van der Waals surface area contributed by atoms with Crippen molar-refractivity contribution in [2.45, 2.75) is 19.5 Å². The quantitative estimate of drug-likeness (QED) is 0.251. The Morgan fingerprint density at radius 1 is 1.03 bits per heavy atom. The van der Waals surface area contributed by atoms with Crippen molar-refractivity contribution < 1.29 is 19.4 Å². The van der Waals surface area contributed by atoms with Crippen molar-refractivity contribution in [3.05, 3.63) is 107 Å². The van der Waals surface area contributed by atoms with Gasteiger partial charge in [0.2, 0.25) is 0 Å². The van der Waals surface area contributed by atoms with Crippen LogP contribution in [0.5, 0.6) is 5.75 Å². The summed E-state index contributed by atoms with van der Waals surface area (Å²) in [6.07, 6.45) is 1.67. The number of nitrogens with one attached hydrogen (secondary N) is 1. The highest BCUT2D eigenvalue weighted by Crippen LogP contribution is 2.41. The van der Waals surface area contributed by atoms with Gasteiger partial charge in [0.25, 0.3) is 11.7 Å². The molecule has 1 atom stereocenters. The number of methoxy groups -OCH3 is 1. The fourth-order valence-electron chi connectivity index (χ4n) is 4.57. The molecule has 1 fully saturated rings. The van der Waals surface area contributed by atoms with E-state index < -0.39 is 17.7 Å². The Labute approximate surface area is 197 Å². The number of hydrogen-bond acceptors (Lipinski definition) is 4. The summed E-state index contributed by atoms with van der Waals surface area (Å²) in [5, 5.41) is 12.2. The fraction of sp³-hybridized carbons (Fsp3) is 0.143. The van der Waals surface area contributed by atoms with Gasteiger partial charge in [0.15, 0.2) is 0 Å². The lowest BCUT2D eigenvalue weighted by atomic mass is 9.94. The molecule has 1 amide bonds. The summed E-state index contributed by atoms with van der Waals surface area (Å²) in [6, 6.07) is 21.9. The van der Waals surface area contributed by atoms with Crippen LogP contribution in [-0.4, -0.2) is 33.8 Å². The zero-order valence-corrected chi connectivity index (χ0v) is 18.9. The van der Waals surface area contributed by atoms with E-state index in [0.29, 0.717) is 11.3 Å². The van der Waals surface area contributed by atoms with Crippen LogP contribution >= 0.6 is 0 Å². The molecule has 2 heterocycles.